The number of rotatable bonds is 2. The average molecular weight is 226 g/mol. The first-order valence-electron chi connectivity index (χ1n) is 5.14. The highest BCUT2D eigenvalue weighted by Gasteiger charge is 2.45. The van der Waals surface area contributed by atoms with Gasteiger partial charge in [-0.25, -0.2) is 0 Å². The molecule has 0 aliphatic heterocycles. The van der Waals surface area contributed by atoms with Gasteiger partial charge in [-0.3, -0.25) is 4.79 Å². The molecule has 0 bridgehead atoms. The van der Waals surface area contributed by atoms with Crippen LogP contribution in [0.2, 0.25) is 0 Å². The minimum atomic E-state index is -0.749. The molecule has 3 N–H and O–H groups in total. The van der Waals surface area contributed by atoms with E-state index in [9.17, 15) is 4.79 Å². The van der Waals surface area contributed by atoms with Crippen molar-refractivity contribution in [3.05, 3.63) is 29.3 Å². The summed E-state index contributed by atoms with van der Waals surface area (Å²) in [5, 5.41) is 20.2. The van der Waals surface area contributed by atoms with Crippen LogP contribution in [0.4, 0.5) is 5.69 Å². The van der Waals surface area contributed by atoms with E-state index in [2.05, 4.69) is 5.32 Å². The Hall–Kier alpha value is -2.37. The molecular formula is C12H10N4O. The summed E-state index contributed by atoms with van der Waals surface area (Å²) in [6.45, 7) is 0. The van der Waals surface area contributed by atoms with Crippen LogP contribution in [0.3, 0.4) is 0 Å². The second-order valence-corrected chi connectivity index (χ2v) is 4.09. The zero-order chi connectivity index (χ0) is 12.5. The van der Waals surface area contributed by atoms with Crippen molar-refractivity contribution in [1.82, 2.24) is 0 Å². The van der Waals surface area contributed by atoms with Gasteiger partial charge in [-0.1, -0.05) is 0 Å². The van der Waals surface area contributed by atoms with Crippen LogP contribution in [0, 0.1) is 22.7 Å². The molecule has 0 saturated heterocycles. The molecule has 17 heavy (non-hydrogen) atoms. The standard InChI is InChI=1S/C12H10N4O/c13-6-8-1-2-10(5-9(8)7-14)16-11(17)12(15)3-4-12/h1-2,5H,3-4,15H2,(H,16,17). The number of hydrogen-bond donors (Lipinski definition) is 2. The van der Waals surface area contributed by atoms with E-state index in [-0.39, 0.29) is 11.5 Å². The summed E-state index contributed by atoms with van der Waals surface area (Å²) in [4.78, 5) is 11.7. The van der Waals surface area contributed by atoms with Crippen LogP contribution in [0.1, 0.15) is 24.0 Å². The summed E-state index contributed by atoms with van der Waals surface area (Å²) in [6.07, 6.45) is 1.36. The highest BCUT2D eigenvalue weighted by Crippen LogP contribution is 2.33. The van der Waals surface area contributed by atoms with Gasteiger partial charge in [-0.05, 0) is 31.0 Å². The van der Waals surface area contributed by atoms with E-state index >= 15 is 0 Å². The number of nitriles is 2. The third-order valence-corrected chi connectivity index (χ3v) is 2.76. The van der Waals surface area contributed by atoms with Crippen molar-refractivity contribution in [2.45, 2.75) is 18.4 Å². The fraction of sp³-hybridized carbons (Fsp3) is 0.250. The Labute approximate surface area is 98.5 Å². The molecule has 5 heteroatoms. The highest BCUT2D eigenvalue weighted by molar-refractivity contribution is 6.00. The first kappa shape index (κ1) is 11.1. The molecule has 2 rings (SSSR count). The molecule has 84 valence electrons. The molecule has 1 amide bonds. The molecule has 1 aromatic carbocycles. The predicted octanol–water partition coefficient (Wildman–Crippen LogP) is 0.860. The van der Waals surface area contributed by atoms with Crippen LogP contribution >= 0.6 is 0 Å². The number of carbonyl (C=O) groups excluding carboxylic acids is 1. The minimum Gasteiger partial charge on any atom is -0.324 e. The molecule has 0 spiro atoms. The second kappa shape index (κ2) is 3.89. The molecule has 0 radical (unpaired) electrons. The zero-order valence-corrected chi connectivity index (χ0v) is 9.03. The molecule has 0 heterocycles. The Morgan fingerprint density at radius 1 is 1.29 bits per heavy atom. The summed E-state index contributed by atoms with van der Waals surface area (Å²) >= 11 is 0. The van der Waals surface area contributed by atoms with E-state index in [0.29, 0.717) is 24.1 Å². The fourth-order valence-corrected chi connectivity index (χ4v) is 1.43. The summed E-state index contributed by atoms with van der Waals surface area (Å²) in [7, 11) is 0. The number of nitrogens with one attached hydrogen (secondary N) is 1. The lowest BCUT2D eigenvalue weighted by atomic mass is 10.1. The van der Waals surface area contributed by atoms with Crippen molar-refractivity contribution in [3.8, 4) is 12.1 Å². The van der Waals surface area contributed by atoms with Gasteiger partial charge in [0.15, 0.2) is 0 Å². The smallest absolute Gasteiger partial charge is 0.244 e. The number of carbonyl (C=O) groups is 1. The quantitative estimate of drug-likeness (QED) is 0.780. The van der Waals surface area contributed by atoms with Crippen molar-refractivity contribution < 1.29 is 4.79 Å². The van der Waals surface area contributed by atoms with Gasteiger partial charge < -0.3 is 11.1 Å². The maximum Gasteiger partial charge on any atom is 0.244 e. The van der Waals surface area contributed by atoms with Crippen LogP contribution in [-0.4, -0.2) is 11.4 Å². The van der Waals surface area contributed by atoms with E-state index in [0.717, 1.165) is 0 Å². The first-order chi connectivity index (χ1) is 8.09. The van der Waals surface area contributed by atoms with Crippen LogP contribution in [0.25, 0.3) is 0 Å². The zero-order valence-electron chi connectivity index (χ0n) is 9.03. The maximum absolute atomic E-state index is 11.7. The Bertz CT molecular complexity index is 561. The number of nitrogens with two attached hydrogens (primary N) is 1. The Morgan fingerprint density at radius 2 is 1.94 bits per heavy atom. The predicted molar refractivity (Wildman–Crippen MR) is 60.7 cm³/mol. The first-order valence-corrected chi connectivity index (χ1v) is 5.14. The van der Waals surface area contributed by atoms with Gasteiger partial charge in [-0.15, -0.1) is 0 Å². The van der Waals surface area contributed by atoms with Crippen molar-refractivity contribution in [2.75, 3.05) is 5.32 Å². The SMILES string of the molecule is N#Cc1ccc(NC(=O)C2(N)CC2)cc1C#N. The molecule has 1 aliphatic rings. The molecule has 1 aliphatic carbocycles. The van der Waals surface area contributed by atoms with Crippen LogP contribution in [-0.2, 0) is 4.79 Å². The number of nitrogens with zero attached hydrogens (tertiary/aromatic N) is 2. The number of amides is 1. The molecule has 1 saturated carbocycles. The van der Waals surface area contributed by atoms with Gasteiger partial charge in [0.25, 0.3) is 0 Å². The van der Waals surface area contributed by atoms with Crippen molar-refractivity contribution in [1.29, 1.82) is 10.5 Å². The van der Waals surface area contributed by atoms with Gasteiger partial charge in [0, 0.05) is 5.69 Å². The Kier molecular flexibility index (Phi) is 2.55. The van der Waals surface area contributed by atoms with Crippen molar-refractivity contribution >= 4 is 11.6 Å². The minimum absolute atomic E-state index is 0.243. The normalized spacial score (nSPS) is 15.5. The molecule has 0 atom stereocenters. The summed E-state index contributed by atoms with van der Waals surface area (Å²) in [5.74, 6) is -0.244. The van der Waals surface area contributed by atoms with Gasteiger partial charge in [0.05, 0.1) is 16.7 Å². The van der Waals surface area contributed by atoms with E-state index in [1.54, 1.807) is 6.07 Å². The molecule has 0 aromatic heterocycles. The number of benzene rings is 1. The number of hydrogen-bond acceptors (Lipinski definition) is 4. The molecule has 1 fully saturated rings. The van der Waals surface area contributed by atoms with Crippen LogP contribution in [0.15, 0.2) is 18.2 Å². The van der Waals surface area contributed by atoms with Gasteiger partial charge in [0.1, 0.15) is 12.1 Å². The van der Waals surface area contributed by atoms with E-state index in [1.807, 2.05) is 12.1 Å². The third kappa shape index (κ3) is 2.10. The summed E-state index contributed by atoms with van der Waals surface area (Å²) in [5.41, 5.74) is 6.01. The Morgan fingerprint density at radius 3 is 2.47 bits per heavy atom. The monoisotopic (exact) mass is 226 g/mol. The lowest BCUT2D eigenvalue weighted by Gasteiger charge is -2.10. The maximum atomic E-state index is 11.7. The topological polar surface area (TPSA) is 103 Å². The summed E-state index contributed by atoms with van der Waals surface area (Å²) < 4.78 is 0. The largest absolute Gasteiger partial charge is 0.324 e. The van der Waals surface area contributed by atoms with Crippen molar-refractivity contribution in [3.63, 3.8) is 0 Å². The van der Waals surface area contributed by atoms with E-state index < -0.39 is 5.54 Å². The molecule has 0 unspecified atom stereocenters. The summed E-state index contributed by atoms with van der Waals surface area (Å²) in [6, 6.07) is 8.38. The second-order valence-electron chi connectivity index (χ2n) is 4.09. The molecular weight excluding hydrogens is 216 g/mol. The van der Waals surface area contributed by atoms with Gasteiger partial charge >= 0.3 is 0 Å². The molecule has 5 nitrogen and oxygen atoms in total. The lowest BCUT2D eigenvalue weighted by molar-refractivity contribution is -0.118. The third-order valence-electron chi connectivity index (χ3n) is 2.76. The highest BCUT2D eigenvalue weighted by atomic mass is 16.2. The van der Waals surface area contributed by atoms with Crippen molar-refractivity contribution in [2.24, 2.45) is 5.73 Å². The average Bonchev–Trinajstić information content (AvgIpc) is 3.08. The fourth-order valence-electron chi connectivity index (χ4n) is 1.43. The van der Waals surface area contributed by atoms with Gasteiger partial charge in [-0.2, -0.15) is 10.5 Å². The van der Waals surface area contributed by atoms with Crippen LogP contribution in [0.5, 0.6) is 0 Å². The van der Waals surface area contributed by atoms with Gasteiger partial charge in [0.2, 0.25) is 5.91 Å². The number of anilines is 1. The van der Waals surface area contributed by atoms with E-state index in [1.165, 1.54) is 12.1 Å². The lowest BCUT2D eigenvalue weighted by Crippen LogP contribution is -2.37. The molecule has 1 aromatic rings. The van der Waals surface area contributed by atoms with Crippen LogP contribution < -0.4 is 11.1 Å². The Balaban J connectivity index is 2.21. The van der Waals surface area contributed by atoms with E-state index in [4.69, 9.17) is 16.3 Å².